The molecule has 19 heavy (non-hydrogen) atoms. The molecule has 0 aliphatic carbocycles. The van der Waals surface area contributed by atoms with E-state index in [-0.39, 0.29) is 24.5 Å². The van der Waals surface area contributed by atoms with Crippen molar-refractivity contribution in [3.05, 3.63) is 22.9 Å². The van der Waals surface area contributed by atoms with Crippen LogP contribution in [-0.2, 0) is 0 Å². The number of aryl methyl sites for hydroxylation is 2. The van der Waals surface area contributed by atoms with Crippen molar-refractivity contribution in [1.82, 2.24) is 4.98 Å². The zero-order valence-electron chi connectivity index (χ0n) is 10.7. The van der Waals surface area contributed by atoms with Crippen LogP contribution in [0.1, 0.15) is 21.6 Å². The van der Waals surface area contributed by atoms with Gasteiger partial charge in [0.2, 0.25) is 0 Å². The zero-order chi connectivity index (χ0) is 14.6. The largest absolute Gasteiger partial charge is 0.478 e. The minimum atomic E-state index is -2.64. The maximum Gasteiger partial charge on any atom is 0.339 e. The normalized spacial score (nSPS) is 10.8. The number of rotatable bonds is 6. The standard InChI is InChI=1S/C12H16F2N2O3/c1-7-5-8(2)15-11(10(7)12(18)19)16(3-4-17)6-9(13)14/h5,9,17H,3-4,6H2,1-2H3,(H,18,19). The lowest BCUT2D eigenvalue weighted by molar-refractivity contribution is 0.0695. The average molecular weight is 274 g/mol. The van der Waals surface area contributed by atoms with Gasteiger partial charge in [-0.3, -0.25) is 0 Å². The van der Waals surface area contributed by atoms with E-state index < -0.39 is 18.9 Å². The summed E-state index contributed by atoms with van der Waals surface area (Å²) in [4.78, 5) is 16.4. The zero-order valence-corrected chi connectivity index (χ0v) is 10.7. The monoisotopic (exact) mass is 274 g/mol. The Balaban J connectivity index is 3.30. The number of aliphatic hydroxyl groups is 1. The van der Waals surface area contributed by atoms with Gasteiger partial charge in [0.15, 0.2) is 0 Å². The number of hydrogen-bond donors (Lipinski definition) is 2. The molecule has 0 aliphatic rings. The van der Waals surface area contributed by atoms with E-state index in [0.29, 0.717) is 11.3 Å². The van der Waals surface area contributed by atoms with Crippen LogP contribution in [0.3, 0.4) is 0 Å². The summed E-state index contributed by atoms with van der Waals surface area (Å²) < 4.78 is 25.1. The van der Waals surface area contributed by atoms with Crippen LogP contribution in [0.5, 0.6) is 0 Å². The van der Waals surface area contributed by atoms with Crippen LogP contribution in [0.2, 0.25) is 0 Å². The fourth-order valence-corrected chi connectivity index (χ4v) is 1.88. The third-order valence-electron chi connectivity index (χ3n) is 2.57. The summed E-state index contributed by atoms with van der Waals surface area (Å²) in [6, 6.07) is 1.58. The third kappa shape index (κ3) is 3.85. The molecule has 0 amide bonds. The van der Waals surface area contributed by atoms with Gasteiger partial charge in [-0.05, 0) is 25.5 Å². The lowest BCUT2D eigenvalue weighted by Crippen LogP contribution is -2.34. The number of pyridine rings is 1. The van der Waals surface area contributed by atoms with Gasteiger partial charge >= 0.3 is 5.97 Å². The predicted molar refractivity (Wildman–Crippen MR) is 66.0 cm³/mol. The van der Waals surface area contributed by atoms with Crippen molar-refractivity contribution in [2.45, 2.75) is 20.3 Å². The Kier molecular flexibility index (Phi) is 5.17. The lowest BCUT2D eigenvalue weighted by atomic mass is 10.1. The number of carboxylic acid groups (broad SMARTS) is 1. The van der Waals surface area contributed by atoms with Gasteiger partial charge in [0.1, 0.15) is 11.4 Å². The minimum absolute atomic E-state index is 0.0284. The van der Waals surface area contributed by atoms with E-state index in [4.69, 9.17) is 5.11 Å². The van der Waals surface area contributed by atoms with E-state index in [1.807, 2.05) is 0 Å². The van der Waals surface area contributed by atoms with Gasteiger partial charge in [0, 0.05) is 12.2 Å². The molecule has 0 bridgehead atoms. The number of halogens is 2. The fraction of sp³-hybridized carbons (Fsp3) is 0.500. The Hall–Kier alpha value is -1.76. The van der Waals surface area contributed by atoms with Crippen LogP contribution in [-0.4, -0.2) is 47.3 Å². The summed E-state index contributed by atoms with van der Waals surface area (Å²) >= 11 is 0. The van der Waals surface area contributed by atoms with E-state index in [0.717, 1.165) is 4.90 Å². The first-order valence-electron chi connectivity index (χ1n) is 5.72. The molecule has 1 rings (SSSR count). The summed E-state index contributed by atoms with van der Waals surface area (Å²) in [5, 5.41) is 18.1. The molecule has 0 saturated carbocycles. The van der Waals surface area contributed by atoms with Crippen molar-refractivity contribution in [2.24, 2.45) is 0 Å². The molecule has 1 aromatic rings. The lowest BCUT2D eigenvalue weighted by Gasteiger charge is -2.25. The number of carboxylic acids is 1. The van der Waals surface area contributed by atoms with Crippen LogP contribution in [0.15, 0.2) is 6.07 Å². The number of hydrogen-bond acceptors (Lipinski definition) is 4. The molecule has 0 atom stereocenters. The maximum absolute atomic E-state index is 12.5. The summed E-state index contributed by atoms with van der Waals surface area (Å²) in [6.07, 6.45) is -2.64. The Labute approximate surface area is 109 Å². The second-order valence-electron chi connectivity index (χ2n) is 4.15. The van der Waals surface area contributed by atoms with E-state index in [2.05, 4.69) is 4.98 Å². The van der Waals surface area contributed by atoms with E-state index >= 15 is 0 Å². The van der Waals surface area contributed by atoms with Gasteiger partial charge in [0.25, 0.3) is 6.43 Å². The maximum atomic E-state index is 12.5. The molecule has 0 unspecified atom stereocenters. The quantitative estimate of drug-likeness (QED) is 0.821. The first kappa shape index (κ1) is 15.3. The Bertz CT molecular complexity index is 467. The van der Waals surface area contributed by atoms with Crippen molar-refractivity contribution < 1.29 is 23.8 Å². The van der Waals surface area contributed by atoms with Crippen LogP contribution in [0.25, 0.3) is 0 Å². The SMILES string of the molecule is Cc1cc(C)c(C(=O)O)c(N(CCO)CC(F)F)n1. The molecule has 2 N–H and O–H groups in total. The molecule has 106 valence electrons. The number of aromatic carboxylic acids is 1. The Morgan fingerprint density at radius 3 is 2.58 bits per heavy atom. The fourth-order valence-electron chi connectivity index (χ4n) is 1.88. The molecule has 5 nitrogen and oxygen atoms in total. The van der Waals surface area contributed by atoms with Gasteiger partial charge in [-0.1, -0.05) is 0 Å². The molecule has 0 aliphatic heterocycles. The highest BCUT2D eigenvalue weighted by molar-refractivity contribution is 5.95. The van der Waals surface area contributed by atoms with Gasteiger partial charge in [-0.15, -0.1) is 0 Å². The molecule has 7 heteroatoms. The summed E-state index contributed by atoms with van der Waals surface area (Å²) in [5.74, 6) is -1.25. The first-order chi connectivity index (χ1) is 8.86. The molecular formula is C12H16F2N2O3. The Morgan fingerprint density at radius 1 is 1.47 bits per heavy atom. The van der Waals surface area contributed by atoms with Crippen LogP contribution in [0.4, 0.5) is 14.6 Å². The average Bonchev–Trinajstić information content (AvgIpc) is 2.25. The van der Waals surface area contributed by atoms with Gasteiger partial charge in [0.05, 0.1) is 13.2 Å². The molecule has 0 aromatic carbocycles. The summed E-state index contributed by atoms with van der Waals surface area (Å²) in [6.45, 7) is 2.11. The smallest absolute Gasteiger partial charge is 0.339 e. The van der Waals surface area contributed by atoms with Crippen molar-refractivity contribution >= 4 is 11.8 Å². The van der Waals surface area contributed by atoms with Gasteiger partial charge < -0.3 is 15.1 Å². The molecule has 0 radical (unpaired) electrons. The highest BCUT2D eigenvalue weighted by atomic mass is 19.3. The number of alkyl halides is 2. The second-order valence-corrected chi connectivity index (χ2v) is 4.15. The van der Waals surface area contributed by atoms with Crippen molar-refractivity contribution in [1.29, 1.82) is 0 Å². The van der Waals surface area contributed by atoms with Crippen molar-refractivity contribution in [2.75, 3.05) is 24.6 Å². The van der Waals surface area contributed by atoms with Crippen molar-refractivity contribution in [3.63, 3.8) is 0 Å². The number of aliphatic hydroxyl groups excluding tert-OH is 1. The van der Waals surface area contributed by atoms with Crippen LogP contribution >= 0.6 is 0 Å². The van der Waals surface area contributed by atoms with Gasteiger partial charge in [-0.2, -0.15) is 0 Å². The Morgan fingerprint density at radius 2 is 2.11 bits per heavy atom. The number of aromatic nitrogens is 1. The van der Waals surface area contributed by atoms with Crippen LogP contribution < -0.4 is 4.90 Å². The molecule has 1 aromatic heterocycles. The molecular weight excluding hydrogens is 258 g/mol. The molecule has 0 spiro atoms. The van der Waals surface area contributed by atoms with Crippen molar-refractivity contribution in [3.8, 4) is 0 Å². The summed E-state index contributed by atoms with van der Waals surface area (Å²) in [7, 11) is 0. The van der Waals surface area contributed by atoms with Gasteiger partial charge in [-0.25, -0.2) is 18.6 Å². The highest BCUT2D eigenvalue weighted by Crippen LogP contribution is 2.23. The number of anilines is 1. The van der Waals surface area contributed by atoms with E-state index in [9.17, 15) is 18.7 Å². The van der Waals surface area contributed by atoms with Crippen LogP contribution in [0, 0.1) is 13.8 Å². The third-order valence-corrected chi connectivity index (χ3v) is 2.57. The highest BCUT2D eigenvalue weighted by Gasteiger charge is 2.22. The number of carbonyl (C=O) groups is 1. The molecule has 0 fully saturated rings. The first-order valence-corrected chi connectivity index (χ1v) is 5.72. The molecule has 0 saturated heterocycles. The predicted octanol–water partition coefficient (Wildman–Crippen LogP) is 1.46. The number of nitrogens with zero attached hydrogens (tertiary/aromatic N) is 2. The topological polar surface area (TPSA) is 73.7 Å². The molecule has 1 heterocycles. The minimum Gasteiger partial charge on any atom is -0.478 e. The second kappa shape index (κ2) is 6.42. The van der Waals surface area contributed by atoms with E-state index in [1.165, 1.54) is 0 Å². The van der Waals surface area contributed by atoms with E-state index in [1.54, 1.807) is 19.9 Å². The summed E-state index contributed by atoms with van der Waals surface area (Å²) in [5.41, 5.74) is 0.876.